The fourth-order valence-corrected chi connectivity index (χ4v) is 4.90. The van der Waals surface area contributed by atoms with Crippen molar-refractivity contribution in [1.29, 1.82) is 0 Å². The monoisotopic (exact) mass is 530 g/mol. The van der Waals surface area contributed by atoms with Crippen molar-refractivity contribution in [3.63, 3.8) is 0 Å². The summed E-state index contributed by atoms with van der Waals surface area (Å²) in [5.41, 5.74) is 2.14. The van der Waals surface area contributed by atoms with Crippen molar-refractivity contribution in [1.82, 2.24) is 0 Å². The zero-order valence-corrected chi connectivity index (χ0v) is 22.7. The van der Waals surface area contributed by atoms with Gasteiger partial charge in [-0.05, 0) is 81.8 Å². The number of carbonyl (C=O) groups is 2. The molecule has 1 fully saturated rings. The summed E-state index contributed by atoms with van der Waals surface area (Å²) in [6.45, 7) is 10.2. The number of Topliss-reactive ketones (excluding diaryl/α,β-unsaturated/α-hetero) is 1. The average Bonchev–Trinajstić information content (AvgIpc) is 3.20. The van der Waals surface area contributed by atoms with E-state index < -0.39 is 17.7 Å². The second kappa shape index (κ2) is 11.9. The third-order valence-electron chi connectivity index (χ3n) is 6.71. The number of phenolic OH excluding ortho intramolecular Hbond substituents is 1. The number of aliphatic hydroxyl groups is 1. The Labute approximate surface area is 228 Å². The van der Waals surface area contributed by atoms with Gasteiger partial charge in [0.25, 0.3) is 11.7 Å². The van der Waals surface area contributed by atoms with Crippen LogP contribution in [-0.2, 0) is 9.59 Å². The minimum Gasteiger partial charge on any atom is -0.508 e. The number of aromatic hydroxyl groups is 1. The third kappa shape index (κ3) is 5.41. The molecule has 39 heavy (non-hydrogen) atoms. The molecular weight excluding hydrogens is 496 g/mol. The Morgan fingerprint density at radius 1 is 0.897 bits per heavy atom. The fraction of sp³-hybridized carbons (Fsp3) is 0.290. The molecule has 1 aliphatic heterocycles. The summed E-state index contributed by atoms with van der Waals surface area (Å²) >= 11 is 0. The standard InChI is InChI=1S/C31H34N2O6/c1-5-32(6-2)21-12-14-22(15-13-21)33-28(20-10-9-11-23(34)18-20)27(30(36)31(33)37)29(35)25-17-16-24(38-7-3)19-26(25)39-8-4/h9-19,28,34-35H,5-8H2,1-4H3/b29-27-. The van der Waals surface area contributed by atoms with Crippen LogP contribution in [-0.4, -0.2) is 48.2 Å². The molecule has 0 saturated carbocycles. The van der Waals surface area contributed by atoms with Crippen molar-refractivity contribution >= 4 is 28.8 Å². The molecule has 1 aliphatic rings. The molecule has 0 spiro atoms. The van der Waals surface area contributed by atoms with E-state index in [1.54, 1.807) is 42.5 Å². The zero-order valence-electron chi connectivity index (χ0n) is 22.7. The summed E-state index contributed by atoms with van der Waals surface area (Å²) in [6, 6.07) is 17.7. The van der Waals surface area contributed by atoms with Gasteiger partial charge in [0.15, 0.2) is 0 Å². The maximum atomic E-state index is 13.5. The Hall–Kier alpha value is -4.46. The molecule has 0 aromatic heterocycles. The van der Waals surface area contributed by atoms with Crippen LogP contribution in [0, 0.1) is 0 Å². The van der Waals surface area contributed by atoms with Crippen molar-refractivity contribution in [2.75, 3.05) is 36.1 Å². The van der Waals surface area contributed by atoms with Gasteiger partial charge in [0.05, 0.1) is 30.4 Å². The molecule has 4 rings (SSSR count). The first-order chi connectivity index (χ1) is 18.8. The summed E-state index contributed by atoms with van der Waals surface area (Å²) < 4.78 is 11.3. The topological polar surface area (TPSA) is 99.5 Å². The normalized spacial score (nSPS) is 16.4. The lowest BCUT2D eigenvalue weighted by atomic mass is 9.94. The van der Waals surface area contributed by atoms with Crippen LogP contribution in [0.3, 0.4) is 0 Å². The lowest BCUT2D eigenvalue weighted by molar-refractivity contribution is -0.132. The molecule has 204 valence electrons. The molecule has 0 bridgehead atoms. The van der Waals surface area contributed by atoms with Crippen LogP contribution in [0.25, 0.3) is 5.76 Å². The molecule has 8 heteroatoms. The molecule has 1 heterocycles. The fourth-order valence-electron chi connectivity index (χ4n) is 4.90. The Bertz CT molecular complexity index is 1380. The van der Waals surface area contributed by atoms with E-state index in [0.29, 0.717) is 36.0 Å². The van der Waals surface area contributed by atoms with Crippen LogP contribution in [0.2, 0.25) is 0 Å². The molecule has 3 aromatic rings. The summed E-state index contributed by atoms with van der Waals surface area (Å²) in [5.74, 6) is -1.11. The first-order valence-corrected chi connectivity index (χ1v) is 13.2. The SMILES string of the molecule is CCOc1ccc(/C(O)=C2/C(=O)C(=O)N(c3ccc(N(CC)CC)cc3)C2c2cccc(O)c2)c(OCC)c1. The second-order valence-corrected chi connectivity index (χ2v) is 8.98. The number of ketones is 1. The predicted molar refractivity (Wildman–Crippen MR) is 152 cm³/mol. The van der Waals surface area contributed by atoms with E-state index in [1.807, 2.05) is 26.0 Å². The molecule has 2 N–H and O–H groups in total. The molecule has 1 unspecified atom stereocenters. The van der Waals surface area contributed by atoms with Gasteiger partial charge in [0, 0.05) is 30.5 Å². The second-order valence-electron chi connectivity index (χ2n) is 8.98. The Kier molecular flexibility index (Phi) is 8.44. The number of aliphatic hydroxyl groups excluding tert-OH is 1. The summed E-state index contributed by atoms with van der Waals surface area (Å²) in [7, 11) is 0. The predicted octanol–water partition coefficient (Wildman–Crippen LogP) is 5.66. The first-order valence-electron chi connectivity index (χ1n) is 13.2. The van der Waals surface area contributed by atoms with Gasteiger partial charge in [-0.1, -0.05) is 12.1 Å². The van der Waals surface area contributed by atoms with Crippen LogP contribution in [0.15, 0.2) is 72.3 Å². The highest BCUT2D eigenvalue weighted by molar-refractivity contribution is 6.51. The van der Waals surface area contributed by atoms with E-state index in [1.165, 1.54) is 17.0 Å². The number of amides is 1. The van der Waals surface area contributed by atoms with Gasteiger partial charge in [-0.2, -0.15) is 0 Å². The minimum atomic E-state index is -0.975. The molecule has 3 aromatic carbocycles. The lowest BCUT2D eigenvalue weighted by Gasteiger charge is -2.27. The molecule has 1 amide bonds. The van der Waals surface area contributed by atoms with E-state index in [4.69, 9.17) is 9.47 Å². The molecule has 0 radical (unpaired) electrons. The lowest BCUT2D eigenvalue weighted by Crippen LogP contribution is -2.29. The Morgan fingerprint density at radius 2 is 1.59 bits per heavy atom. The highest BCUT2D eigenvalue weighted by Crippen LogP contribution is 2.44. The number of hydrogen-bond donors (Lipinski definition) is 2. The van der Waals surface area contributed by atoms with E-state index >= 15 is 0 Å². The van der Waals surface area contributed by atoms with Gasteiger partial charge in [-0.25, -0.2) is 0 Å². The Morgan fingerprint density at radius 3 is 2.21 bits per heavy atom. The van der Waals surface area contributed by atoms with Crippen molar-refractivity contribution in [2.45, 2.75) is 33.7 Å². The van der Waals surface area contributed by atoms with Gasteiger partial charge in [0.1, 0.15) is 23.0 Å². The van der Waals surface area contributed by atoms with Crippen LogP contribution >= 0.6 is 0 Å². The summed E-state index contributed by atoms with van der Waals surface area (Å²) in [5, 5.41) is 21.8. The van der Waals surface area contributed by atoms with Gasteiger partial charge in [0.2, 0.25) is 0 Å². The number of benzene rings is 3. The van der Waals surface area contributed by atoms with Gasteiger partial charge < -0.3 is 24.6 Å². The number of ether oxygens (including phenoxy) is 2. The van der Waals surface area contributed by atoms with Gasteiger partial charge in [-0.3, -0.25) is 14.5 Å². The molecule has 1 atom stereocenters. The number of anilines is 2. The van der Waals surface area contributed by atoms with Gasteiger partial charge in [-0.15, -0.1) is 0 Å². The number of nitrogens with zero attached hydrogens (tertiary/aromatic N) is 2. The van der Waals surface area contributed by atoms with E-state index in [-0.39, 0.29) is 22.6 Å². The minimum absolute atomic E-state index is 0.0222. The van der Waals surface area contributed by atoms with Crippen molar-refractivity contribution in [2.24, 2.45) is 0 Å². The quantitative estimate of drug-likeness (QED) is 0.198. The number of hydrogen-bond acceptors (Lipinski definition) is 7. The van der Waals surface area contributed by atoms with Crippen LogP contribution in [0.4, 0.5) is 11.4 Å². The van der Waals surface area contributed by atoms with E-state index in [9.17, 15) is 19.8 Å². The molecular formula is C31H34N2O6. The first kappa shape index (κ1) is 27.6. The maximum absolute atomic E-state index is 13.5. The molecule has 8 nitrogen and oxygen atoms in total. The van der Waals surface area contributed by atoms with Crippen molar-refractivity contribution in [3.05, 3.63) is 83.4 Å². The number of carbonyl (C=O) groups excluding carboxylic acids is 2. The van der Waals surface area contributed by atoms with Gasteiger partial charge >= 0.3 is 0 Å². The summed E-state index contributed by atoms with van der Waals surface area (Å²) in [4.78, 5) is 30.6. The smallest absolute Gasteiger partial charge is 0.300 e. The van der Waals surface area contributed by atoms with Crippen LogP contribution in [0.5, 0.6) is 17.2 Å². The highest BCUT2D eigenvalue weighted by Gasteiger charge is 2.47. The van der Waals surface area contributed by atoms with Crippen molar-refractivity contribution < 1.29 is 29.3 Å². The number of phenols is 1. The van der Waals surface area contributed by atoms with E-state index in [2.05, 4.69) is 18.7 Å². The largest absolute Gasteiger partial charge is 0.508 e. The maximum Gasteiger partial charge on any atom is 0.300 e. The zero-order chi connectivity index (χ0) is 28.1. The third-order valence-corrected chi connectivity index (χ3v) is 6.71. The number of rotatable bonds is 10. The summed E-state index contributed by atoms with van der Waals surface area (Å²) in [6.07, 6.45) is 0. The Balaban J connectivity index is 1.90. The highest BCUT2D eigenvalue weighted by atomic mass is 16.5. The average molecular weight is 531 g/mol. The molecule has 0 aliphatic carbocycles. The molecule has 1 saturated heterocycles. The van der Waals surface area contributed by atoms with E-state index in [0.717, 1.165) is 18.8 Å². The van der Waals surface area contributed by atoms with Crippen molar-refractivity contribution in [3.8, 4) is 17.2 Å². The van der Waals surface area contributed by atoms with Crippen LogP contribution in [0.1, 0.15) is 44.9 Å². The van der Waals surface area contributed by atoms with Crippen LogP contribution < -0.4 is 19.3 Å².